The van der Waals surface area contributed by atoms with Gasteiger partial charge in [0.2, 0.25) is 11.2 Å². The molecule has 0 unspecified atom stereocenters. The second-order valence-electron chi connectivity index (χ2n) is 8.19. The van der Waals surface area contributed by atoms with Crippen LogP contribution < -0.4 is 29.7 Å². The van der Waals surface area contributed by atoms with Crippen LogP contribution in [-0.2, 0) is 6.42 Å². The van der Waals surface area contributed by atoms with Gasteiger partial charge in [-0.05, 0) is 53.9 Å². The lowest BCUT2D eigenvalue weighted by atomic mass is 9.95. The minimum Gasteiger partial charge on any atom is -0.493 e. The quantitative estimate of drug-likeness (QED) is 0.563. The molecule has 7 nitrogen and oxygen atoms in total. The van der Waals surface area contributed by atoms with Gasteiger partial charge in [0.15, 0.2) is 22.4 Å². The van der Waals surface area contributed by atoms with Crippen LogP contribution in [-0.4, -0.2) is 63.0 Å². The molecule has 0 saturated carbocycles. The van der Waals surface area contributed by atoms with Crippen LogP contribution in [0.3, 0.4) is 0 Å². The molecule has 0 amide bonds. The van der Waals surface area contributed by atoms with Gasteiger partial charge in [-0.2, -0.15) is 11.8 Å². The molecule has 0 spiro atoms. The summed E-state index contributed by atoms with van der Waals surface area (Å²) in [6.45, 7) is 1.79. The summed E-state index contributed by atoms with van der Waals surface area (Å²) in [6.07, 6.45) is 1.28. The topological polar surface area (TPSA) is 69.3 Å². The van der Waals surface area contributed by atoms with Gasteiger partial charge in [-0.3, -0.25) is 4.79 Å². The zero-order chi connectivity index (χ0) is 25.1. The average Bonchev–Trinajstić information content (AvgIpc) is 3.13. The molecule has 10 heteroatoms. The molecule has 1 saturated heterocycles. The van der Waals surface area contributed by atoms with Gasteiger partial charge in [-0.1, -0.05) is 17.7 Å². The van der Waals surface area contributed by atoms with Crippen molar-refractivity contribution in [2.24, 2.45) is 0 Å². The fourth-order valence-corrected chi connectivity index (χ4v) is 6.28. The van der Waals surface area contributed by atoms with Crippen molar-refractivity contribution < 1.29 is 18.9 Å². The van der Waals surface area contributed by atoms with Crippen LogP contribution in [0.4, 0.5) is 0 Å². The van der Waals surface area contributed by atoms with E-state index in [9.17, 15) is 4.79 Å². The fraction of sp³-hybridized carbons (Fsp3) is 0.440. The summed E-state index contributed by atoms with van der Waals surface area (Å²) in [5, 5.41) is 4.68. The molecule has 1 heterocycles. The first-order valence-corrected chi connectivity index (χ1v) is 13.2. The predicted octanol–water partition coefficient (Wildman–Crippen LogP) is 4.31. The Morgan fingerprint density at radius 3 is 2.37 bits per heavy atom. The van der Waals surface area contributed by atoms with E-state index < -0.39 is 0 Å². The third-order valence-corrected chi connectivity index (χ3v) is 8.12. The Bertz CT molecular complexity index is 1190. The number of methoxy groups -OCH3 is 4. The Hall–Kier alpha value is -2.36. The SMILES string of the molecule is COc1c(Cl)c2c(c(OC)c1OC)-c1ccc(OC)c(=O)cc1[C@@H](NC(=S)N1CCSCC1)CC2. The van der Waals surface area contributed by atoms with E-state index in [2.05, 4.69) is 10.2 Å². The Balaban J connectivity index is 1.94. The number of nitrogens with zero attached hydrogens (tertiary/aromatic N) is 1. The van der Waals surface area contributed by atoms with Crippen molar-refractivity contribution in [1.82, 2.24) is 10.2 Å². The number of thioether (sulfide) groups is 1. The Kier molecular flexibility index (Phi) is 8.19. The number of benzene rings is 1. The largest absolute Gasteiger partial charge is 0.493 e. The van der Waals surface area contributed by atoms with Crippen LogP contribution in [0.2, 0.25) is 5.02 Å². The molecule has 35 heavy (non-hydrogen) atoms. The van der Waals surface area contributed by atoms with Crippen LogP contribution in [0.15, 0.2) is 23.0 Å². The maximum atomic E-state index is 13.0. The first kappa shape index (κ1) is 25.7. The Labute approximate surface area is 220 Å². The molecule has 2 aromatic rings. The monoisotopic (exact) mass is 536 g/mol. The van der Waals surface area contributed by atoms with Gasteiger partial charge in [0.05, 0.1) is 39.5 Å². The van der Waals surface area contributed by atoms with Gasteiger partial charge in [0, 0.05) is 30.2 Å². The molecule has 2 aliphatic rings. The van der Waals surface area contributed by atoms with E-state index in [0.29, 0.717) is 40.2 Å². The highest BCUT2D eigenvalue weighted by Gasteiger charge is 2.32. The van der Waals surface area contributed by atoms with Gasteiger partial charge in [-0.15, -0.1) is 0 Å². The summed E-state index contributed by atoms with van der Waals surface area (Å²) in [5.74, 6) is 3.65. The average molecular weight is 537 g/mol. The lowest BCUT2D eigenvalue weighted by molar-refractivity contribution is 0.325. The van der Waals surface area contributed by atoms with Crippen molar-refractivity contribution in [3.05, 3.63) is 44.6 Å². The lowest BCUT2D eigenvalue weighted by Gasteiger charge is -2.31. The summed E-state index contributed by atoms with van der Waals surface area (Å²) in [5.41, 5.74) is 3.02. The molecule has 0 aromatic heterocycles. The molecule has 188 valence electrons. The number of nitrogens with one attached hydrogen (secondary N) is 1. The summed E-state index contributed by atoms with van der Waals surface area (Å²) >= 11 is 14.6. The van der Waals surface area contributed by atoms with Crippen LogP contribution in [0.5, 0.6) is 23.0 Å². The maximum Gasteiger partial charge on any atom is 0.220 e. The van der Waals surface area contributed by atoms with Crippen LogP contribution in [0.25, 0.3) is 11.1 Å². The van der Waals surface area contributed by atoms with Gasteiger partial charge < -0.3 is 29.2 Å². The highest BCUT2D eigenvalue weighted by molar-refractivity contribution is 7.99. The zero-order valence-electron chi connectivity index (χ0n) is 20.2. The number of halogens is 1. The van der Waals surface area contributed by atoms with Crippen LogP contribution in [0.1, 0.15) is 23.6 Å². The molecule has 1 aliphatic carbocycles. The summed E-state index contributed by atoms with van der Waals surface area (Å²) in [6, 6.07) is 4.96. The number of fused-ring (bicyclic) bond motifs is 3. The summed E-state index contributed by atoms with van der Waals surface area (Å²) in [4.78, 5) is 15.2. The Morgan fingerprint density at radius 1 is 1.06 bits per heavy atom. The third-order valence-electron chi connectivity index (χ3n) is 6.40. The second kappa shape index (κ2) is 11.1. The van der Waals surface area contributed by atoms with Gasteiger partial charge >= 0.3 is 0 Å². The summed E-state index contributed by atoms with van der Waals surface area (Å²) in [7, 11) is 6.16. The molecule has 1 aliphatic heterocycles. The molecule has 0 radical (unpaired) electrons. The minimum atomic E-state index is -0.220. The smallest absolute Gasteiger partial charge is 0.220 e. The predicted molar refractivity (Wildman–Crippen MR) is 145 cm³/mol. The molecular formula is C25H29ClN2O5S2. The van der Waals surface area contributed by atoms with E-state index in [1.165, 1.54) is 7.11 Å². The minimum absolute atomic E-state index is 0.213. The van der Waals surface area contributed by atoms with Crippen molar-refractivity contribution >= 4 is 40.7 Å². The van der Waals surface area contributed by atoms with Crippen molar-refractivity contribution in [3.8, 4) is 34.1 Å². The first-order valence-electron chi connectivity index (χ1n) is 11.3. The van der Waals surface area contributed by atoms with Gasteiger partial charge in [0.25, 0.3) is 0 Å². The van der Waals surface area contributed by atoms with Gasteiger partial charge in [0.1, 0.15) is 0 Å². The summed E-state index contributed by atoms with van der Waals surface area (Å²) < 4.78 is 22.4. The van der Waals surface area contributed by atoms with Crippen molar-refractivity contribution in [1.29, 1.82) is 0 Å². The Morgan fingerprint density at radius 2 is 1.74 bits per heavy atom. The van der Waals surface area contributed by atoms with Crippen LogP contribution in [0, 0.1) is 0 Å². The molecule has 1 N–H and O–H groups in total. The first-order chi connectivity index (χ1) is 16.9. The molecule has 2 aromatic carbocycles. The fourth-order valence-electron chi connectivity index (χ4n) is 4.70. The standard InChI is InChI=1S/C25H29ClN2O5S2/c1-30-19-8-6-14-16(13-18(19)29)17(27-25(34)28-9-11-35-12-10-28)7-5-15-20(14)22(31-2)24(33-4)23(32-3)21(15)26/h6,8,13,17H,5,7,9-12H2,1-4H3,(H,27,34)/t17-/m0/s1. The van der Waals surface area contributed by atoms with Crippen LogP contribution >= 0.6 is 35.6 Å². The lowest BCUT2D eigenvalue weighted by Crippen LogP contribution is -2.45. The van der Waals surface area contributed by atoms with E-state index in [4.69, 9.17) is 42.8 Å². The van der Waals surface area contributed by atoms with E-state index in [1.54, 1.807) is 33.5 Å². The van der Waals surface area contributed by atoms with Crippen molar-refractivity contribution in [3.63, 3.8) is 0 Å². The normalized spacial score (nSPS) is 16.9. The highest BCUT2D eigenvalue weighted by atomic mass is 35.5. The number of rotatable bonds is 5. The number of thiocarbonyl (C=S) groups is 1. The molecule has 0 bridgehead atoms. The third kappa shape index (κ3) is 4.86. The van der Waals surface area contributed by atoms with E-state index >= 15 is 0 Å². The van der Waals surface area contributed by atoms with E-state index in [-0.39, 0.29) is 17.2 Å². The zero-order valence-corrected chi connectivity index (χ0v) is 22.6. The number of ether oxygens (including phenoxy) is 4. The molecule has 1 fully saturated rings. The second-order valence-corrected chi connectivity index (χ2v) is 10.2. The number of hydrogen-bond donors (Lipinski definition) is 1. The number of hydrogen-bond acceptors (Lipinski definition) is 7. The molecular weight excluding hydrogens is 508 g/mol. The highest BCUT2D eigenvalue weighted by Crippen LogP contribution is 2.54. The van der Waals surface area contributed by atoms with Crippen molar-refractivity contribution in [2.75, 3.05) is 53.0 Å². The van der Waals surface area contributed by atoms with E-state index in [1.807, 2.05) is 17.8 Å². The maximum absolute atomic E-state index is 13.0. The van der Waals surface area contributed by atoms with Gasteiger partial charge in [-0.25, -0.2) is 0 Å². The molecule has 4 rings (SSSR count). The van der Waals surface area contributed by atoms with E-state index in [0.717, 1.165) is 46.8 Å². The van der Waals surface area contributed by atoms with Crippen molar-refractivity contribution in [2.45, 2.75) is 18.9 Å². The molecule has 1 atom stereocenters.